The average Bonchev–Trinajstić information content (AvgIpc) is 2.46. The molecular formula is C18H14O2. The quantitative estimate of drug-likeness (QED) is 0.504. The van der Waals surface area contributed by atoms with E-state index in [0.717, 1.165) is 11.1 Å². The highest BCUT2D eigenvalue weighted by Crippen LogP contribution is 2.27. The molecule has 0 atom stereocenters. The van der Waals surface area contributed by atoms with Crippen molar-refractivity contribution in [3.63, 3.8) is 0 Å². The molecular weight excluding hydrogens is 248 g/mol. The van der Waals surface area contributed by atoms with Gasteiger partial charge in [0, 0.05) is 6.92 Å². The monoisotopic (exact) mass is 262 g/mol. The molecule has 0 aliphatic heterocycles. The standard InChI is InChI=1S/C18H14O2/c1-13(19)20-18-8-4-7-16(12-18)17-10-9-14-5-2-3-6-15(14)11-17/h2-12H,1H3. The molecule has 98 valence electrons. The zero-order valence-electron chi connectivity index (χ0n) is 11.2. The van der Waals surface area contributed by atoms with E-state index in [-0.39, 0.29) is 5.97 Å². The minimum atomic E-state index is -0.305. The summed E-state index contributed by atoms with van der Waals surface area (Å²) in [6, 6.07) is 22.1. The first-order valence-corrected chi connectivity index (χ1v) is 6.50. The Bertz CT molecular complexity index is 775. The van der Waals surface area contributed by atoms with Crippen molar-refractivity contribution in [3.05, 3.63) is 66.7 Å². The van der Waals surface area contributed by atoms with Gasteiger partial charge in [0.2, 0.25) is 0 Å². The van der Waals surface area contributed by atoms with Crippen LogP contribution in [0, 0.1) is 0 Å². The number of rotatable bonds is 2. The first kappa shape index (κ1) is 12.4. The van der Waals surface area contributed by atoms with Gasteiger partial charge >= 0.3 is 5.97 Å². The Labute approximate surface area is 117 Å². The van der Waals surface area contributed by atoms with Gasteiger partial charge in [-0.1, -0.05) is 48.5 Å². The lowest BCUT2D eigenvalue weighted by atomic mass is 10.0. The Hall–Kier alpha value is -2.61. The van der Waals surface area contributed by atoms with Crippen LogP contribution in [0.5, 0.6) is 5.75 Å². The van der Waals surface area contributed by atoms with Crippen molar-refractivity contribution in [1.29, 1.82) is 0 Å². The average molecular weight is 262 g/mol. The molecule has 0 N–H and O–H groups in total. The van der Waals surface area contributed by atoms with Crippen LogP contribution in [-0.2, 0) is 4.79 Å². The van der Waals surface area contributed by atoms with Crippen LogP contribution in [-0.4, -0.2) is 5.97 Å². The topological polar surface area (TPSA) is 26.3 Å². The van der Waals surface area contributed by atoms with Gasteiger partial charge in [-0.3, -0.25) is 4.79 Å². The number of ether oxygens (including phenoxy) is 1. The predicted octanol–water partition coefficient (Wildman–Crippen LogP) is 4.43. The number of hydrogen-bond acceptors (Lipinski definition) is 2. The van der Waals surface area contributed by atoms with E-state index in [1.54, 1.807) is 6.07 Å². The second kappa shape index (κ2) is 5.17. The van der Waals surface area contributed by atoms with Crippen molar-refractivity contribution >= 4 is 16.7 Å². The number of carbonyl (C=O) groups excluding carboxylic acids is 1. The zero-order valence-corrected chi connectivity index (χ0v) is 11.2. The summed E-state index contributed by atoms with van der Waals surface area (Å²) in [5.74, 6) is 0.267. The van der Waals surface area contributed by atoms with E-state index in [0.29, 0.717) is 5.75 Å². The third-order valence-corrected chi connectivity index (χ3v) is 3.18. The SMILES string of the molecule is CC(=O)Oc1cccc(-c2ccc3ccccc3c2)c1. The highest BCUT2D eigenvalue weighted by atomic mass is 16.5. The third kappa shape index (κ3) is 2.54. The molecule has 2 nitrogen and oxygen atoms in total. The summed E-state index contributed by atoms with van der Waals surface area (Å²) in [6.45, 7) is 1.41. The van der Waals surface area contributed by atoms with Crippen LogP contribution in [0.15, 0.2) is 66.7 Å². The lowest BCUT2D eigenvalue weighted by Gasteiger charge is -2.06. The molecule has 0 saturated carbocycles. The smallest absolute Gasteiger partial charge is 0.308 e. The van der Waals surface area contributed by atoms with Gasteiger partial charge in [-0.05, 0) is 40.1 Å². The highest BCUT2D eigenvalue weighted by Gasteiger charge is 2.03. The largest absolute Gasteiger partial charge is 0.427 e. The third-order valence-electron chi connectivity index (χ3n) is 3.18. The normalized spacial score (nSPS) is 10.4. The summed E-state index contributed by atoms with van der Waals surface area (Å²) >= 11 is 0. The number of carbonyl (C=O) groups is 1. The molecule has 3 aromatic carbocycles. The number of benzene rings is 3. The maximum Gasteiger partial charge on any atom is 0.308 e. The molecule has 0 heterocycles. The summed E-state index contributed by atoms with van der Waals surface area (Å²) in [7, 11) is 0. The molecule has 20 heavy (non-hydrogen) atoms. The first-order valence-electron chi connectivity index (χ1n) is 6.50. The summed E-state index contributed by atoms with van der Waals surface area (Å²) < 4.78 is 5.12. The second-order valence-electron chi connectivity index (χ2n) is 4.68. The Kier molecular flexibility index (Phi) is 3.21. The molecule has 2 heteroatoms. The lowest BCUT2D eigenvalue weighted by molar-refractivity contribution is -0.131. The van der Waals surface area contributed by atoms with E-state index < -0.39 is 0 Å². The number of hydrogen-bond donors (Lipinski definition) is 0. The van der Waals surface area contributed by atoms with Crippen LogP contribution < -0.4 is 4.74 Å². The van der Waals surface area contributed by atoms with E-state index in [1.165, 1.54) is 17.7 Å². The molecule has 3 aromatic rings. The molecule has 0 aliphatic rings. The molecule has 0 aromatic heterocycles. The van der Waals surface area contributed by atoms with Crippen LogP contribution in [0.2, 0.25) is 0 Å². The van der Waals surface area contributed by atoms with Gasteiger partial charge in [0.05, 0.1) is 0 Å². The van der Waals surface area contributed by atoms with Crippen LogP contribution in [0.25, 0.3) is 21.9 Å². The van der Waals surface area contributed by atoms with Crippen LogP contribution in [0.1, 0.15) is 6.92 Å². The van der Waals surface area contributed by atoms with Gasteiger partial charge in [0.15, 0.2) is 0 Å². The lowest BCUT2D eigenvalue weighted by Crippen LogP contribution is -2.01. The van der Waals surface area contributed by atoms with Gasteiger partial charge < -0.3 is 4.74 Å². The summed E-state index contributed by atoms with van der Waals surface area (Å²) in [4.78, 5) is 11.0. The first-order chi connectivity index (χ1) is 9.72. The van der Waals surface area contributed by atoms with Gasteiger partial charge in [-0.15, -0.1) is 0 Å². The molecule has 0 bridgehead atoms. The van der Waals surface area contributed by atoms with Crippen molar-refractivity contribution in [2.75, 3.05) is 0 Å². The fraction of sp³-hybridized carbons (Fsp3) is 0.0556. The molecule has 0 fully saturated rings. The Morgan fingerprint density at radius 2 is 1.55 bits per heavy atom. The Morgan fingerprint density at radius 1 is 0.800 bits per heavy atom. The fourth-order valence-corrected chi connectivity index (χ4v) is 2.27. The molecule has 0 radical (unpaired) electrons. The fourth-order valence-electron chi connectivity index (χ4n) is 2.27. The van der Waals surface area contributed by atoms with Crippen molar-refractivity contribution in [3.8, 4) is 16.9 Å². The second-order valence-corrected chi connectivity index (χ2v) is 4.68. The minimum Gasteiger partial charge on any atom is -0.427 e. The van der Waals surface area contributed by atoms with Gasteiger partial charge in [-0.25, -0.2) is 0 Å². The Balaban J connectivity index is 2.03. The molecule has 0 aliphatic carbocycles. The van der Waals surface area contributed by atoms with Gasteiger partial charge in [0.25, 0.3) is 0 Å². The number of fused-ring (bicyclic) bond motifs is 1. The van der Waals surface area contributed by atoms with Crippen molar-refractivity contribution in [1.82, 2.24) is 0 Å². The van der Waals surface area contributed by atoms with Gasteiger partial charge in [0.1, 0.15) is 5.75 Å². The molecule has 3 rings (SSSR count). The molecule has 0 amide bonds. The maximum absolute atomic E-state index is 11.0. The van der Waals surface area contributed by atoms with Crippen molar-refractivity contribution in [2.45, 2.75) is 6.92 Å². The molecule has 0 saturated heterocycles. The van der Waals surface area contributed by atoms with Crippen molar-refractivity contribution in [2.24, 2.45) is 0 Å². The van der Waals surface area contributed by atoms with Crippen molar-refractivity contribution < 1.29 is 9.53 Å². The highest BCUT2D eigenvalue weighted by molar-refractivity contribution is 5.87. The van der Waals surface area contributed by atoms with Crippen LogP contribution in [0.4, 0.5) is 0 Å². The summed E-state index contributed by atoms with van der Waals surface area (Å²) in [5.41, 5.74) is 2.15. The minimum absolute atomic E-state index is 0.305. The van der Waals surface area contributed by atoms with E-state index in [4.69, 9.17) is 4.74 Å². The molecule has 0 unspecified atom stereocenters. The Morgan fingerprint density at radius 3 is 2.35 bits per heavy atom. The number of esters is 1. The van der Waals surface area contributed by atoms with E-state index in [2.05, 4.69) is 30.3 Å². The van der Waals surface area contributed by atoms with Gasteiger partial charge in [-0.2, -0.15) is 0 Å². The summed E-state index contributed by atoms with van der Waals surface area (Å²) in [5, 5.41) is 2.41. The van der Waals surface area contributed by atoms with E-state index >= 15 is 0 Å². The summed E-state index contributed by atoms with van der Waals surface area (Å²) in [6.07, 6.45) is 0. The van der Waals surface area contributed by atoms with E-state index in [1.807, 2.05) is 30.3 Å². The van der Waals surface area contributed by atoms with E-state index in [9.17, 15) is 4.79 Å². The van der Waals surface area contributed by atoms with Crippen LogP contribution >= 0.6 is 0 Å². The molecule has 0 spiro atoms. The predicted molar refractivity (Wildman–Crippen MR) is 80.7 cm³/mol. The maximum atomic E-state index is 11.0. The van der Waals surface area contributed by atoms with Crippen LogP contribution in [0.3, 0.4) is 0 Å². The zero-order chi connectivity index (χ0) is 13.9.